The van der Waals surface area contributed by atoms with Crippen molar-refractivity contribution in [3.8, 4) is 46.0 Å². The molecule has 504 valence electrons. The number of para-hydroxylation sites is 16. The Morgan fingerprint density at radius 2 is 0.404 bits per heavy atom. The van der Waals surface area contributed by atoms with Crippen molar-refractivity contribution in [1.29, 1.82) is 0 Å². The first-order valence-electron chi connectivity index (χ1n) is 29.8. The number of hydrogen-bond acceptors (Lipinski definition) is 26. The van der Waals surface area contributed by atoms with E-state index in [4.69, 9.17) is 47.4 Å². The molecular weight excluding hydrogens is 1220 g/mol. The lowest BCUT2D eigenvalue weighted by Gasteiger charge is -2.34. The Kier molecular flexibility index (Phi) is 29.6. The summed E-state index contributed by atoms with van der Waals surface area (Å²) in [5.74, 6) is 3.78. The van der Waals surface area contributed by atoms with Crippen LogP contribution in [0.15, 0.2) is 194 Å². The van der Waals surface area contributed by atoms with E-state index in [2.05, 4.69) is 42.5 Å². The number of nitrogens with one attached hydrogen (secondary N) is 8. The van der Waals surface area contributed by atoms with Crippen LogP contribution in [0, 0.1) is 10.8 Å². The van der Waals surface area contributed by atoms with Crippen LogP contribution in [0.25, 0.3) is 0 Å². The molecule has 8 aromatic rings. The molecule has 0 aliphatic heterocycles. The Morgan fingerprint density at radius 3 is 0.564 bits per heavy atom. The van der Waals surface area contributed by atoms with Gasteiger partial charge in [0.05, 0.1) is 45.5 Å². The summed E-state index contributed by atoms with van der Waals surface area (Å²) in [6, 6.07) is 57.4. The standard InChI is InChI=1S/2C34H42N4O9/c2*1-43-33(42)38-28-13-5-9-17-32(28)47-21-34(18-44-29-14-6-2-10-25(29)35-22-39,19-45-30-15-7-3-11-26(30)36-23-40)20-46-31-16-8-4-12-27(31)37-24-41/h2*2-17,33,35-42H,18-24H2,1H3. The Balaban J connectivity index is 0.000000266. The van der Waals surface area contributed by atoms with Crippen LogP contribution in [-0.4, -0.2) is 161 Å². The minimum atomic E-state index is -1.26. The first kappa shape index (κ1) is 71.6. The van der Waals surface area contributed by atoms with E-state index in [1.54, 1.807) is 121 Å². The third-order valence-electron chi connectivity index (χ3n) is 14.0. The normalized spacial score (nSPS) is 11.7. The van der Waals surface area contributed by atoms with Gasteiger partial charge in [-0.05, 0) is 97.1 Å². The summed E-state index contributed by atoms with van der Waals surface area (Å²) in [4.78, 5) is 0. The number of ether oxygens (including phenoxy) is 10. The molecule has 0 aliphatic rings. The second kappa shape index (κ2) is 38.9. The molecule has 16 N–H and O–H groups in total. The van der Waals surface area contributed by atoms with Gasteiger partial charge in [-0.25, -0.2) is 0 Å². The van der Waals surface area contributed by atoms with Crippen LogP contribution >= 0.6 is 0 Å². The molecule has 8 aromatic carbocycles. The van der Waals surface area contributed by atoms with Crippen molar-refractivity contribution in [3.05, 3.63) is 194 Å². The van der Waals surface area contributed by atoms with Gasteiger partial charge in [0.15, 0.2) is 0 Å². The van der Waals surface area contributed by atoms with Crippen molar-refractivity contribution in [1.82, 2.24) is 0 Å². The molecule has 0 amide bonds. The van der Waals surface area contributed by atoms with Gasteiger partial charge in [0.1, 0.15) is 150 Å². The zero-order chi connectivity index (χ0) is 66.6. The molecule has 26 nitrogen and oxygen atoms in total. The maximum atomic E-state index is 10.1. The van der Waals surface area contributed by atoms with Gasteiger partial charge in [-0.15, -0.1) is 0 Å². The fourth-order valence-electron chi connectivity index (χ4n) is 9.10. The Bertz CT molecular complexity index is 2980. The van der Waals surface area contributed by atoms with E-state index in [-0.39, 0.29) is 93.2 Å². The lowest BCUT2D eigenvalue weighted by molar-refractivity contribution is -0.0516. The van der Waals surface area contributed by atoms with Crippen molar-refractivity contribution in [3.63, 3.8) is 0 Å². The minimum Gasteiger partial charge on any atom is -0.490 e. The van der Waals surface area contributed by atoms with E-state index in [0.29, 0.717) is 91.5 Å². The zero-order valence-corrected chi connectivity index (χ0v) is 52.2. The molecule has 0 radical (unpaired) electrons. The van der Waals surface area contributed by atoms with Gasteiger partial charge in [-0.3, -0.25) is 0 Å². The summed E-state index contributed by atoms with van der Waals surface area (Å²) in [5.41, 5.74) is 2.48. The Hall–Kier alpha value is -9.84. The molecule has 2 atom stereocenters. The molecule has 0 bridgehead atoms. The monoisotopic (exact) mass is 1300 g/mol. The fourth-order valence-corrected chi connectivity index (χ4v) is 9.10. The van der Waals surface area contributed by atoms with Crippen LogP contribution in [-0.2, 0) is 9.47 Å². The molecule has 0 saturated heterocycles. The van der Waals surface area contributed by atoms with Crippen molar-refractivity contribution in [2.75, 3.05) is 150 Å². The van der Waals surface area contributed by atoms with Gasteiger partial charge in [-0.2, -0.15) is 0 Å². The number of aliphatic hydroxyl groups excluding tert-OH is 8. The summed E-state index contributed by atoms with van der Waals surface area (Å²) < 4.78 is 61.1. The summed E-state index contributed by atoms with van der Waals surface area (Å²) >= 11 is 0. The largest absolute Gasteiger partial charge is 0.490 e. The number of anilines is 8. The second-order valence-corrected chi connectivity index (χ2v) is 20.8. The van der Waals surface area contributed by atoms with Crippen molar-refractivity contribution < 1.29 is 88.2 Å². The first-order valence-corrected chi connectivity index (χ1v) is 29.8. The molecule has 0 heterocycles. The third-order valence-corrected chi connectivity index (χ3v) is 14.0. The van der Waals surface area contributed by atoms with Crippen molar-refractivity contribution >= 4 is 45.5 Å². The number of aliphatic hydroxyl groups is 8. The van der Waals surface area contributed by atoms with Crippen LogP contribution in [0.5, 0.6) is 46.0 Å². The fraction of sp³-hybridized carbons (Fsp3) is 0.294. The highest BCUT2D eigenvalue weighted by Crippen LogP contribution is 2.37. The average Bonchev–Trinajstić information content (AvgIpc) is 0.872. The minimum absolute atomic E-state index is 0.00948. The van der Waals surface area contributed by atoms with E-state index in [9.17, 15) is 40.9 Å². The summed E-state index contributed by atoms with van der Waals surface area (Å²) in [7, 11) is 2.74. The highest BCUT2D eigenvalue weighted by atomic mass is 16.6. The first-order chi connectivity index (χ1) is 46.0. The topological polar surface area (TPSA) is 350 Å². The van der Waals surface area contributed by atoms with E-state index in [0.717, 1.165) is 0 Å². The number of rotatable bonds is 42. The van der Waals surface area contributed by atoms with Crippen molar-refractivity contribution in [2.45, 2.75) is 12.8 Å². The Morgan fingerprint density at radius 1 is 0.255 bits per heavy atom. The molecule has 0 saturated carbocycles. The summed E-state index contributed by atoms with van der Waals surface area (Å²) in [6.07, 6.45) is -2.53. The van der Waals surface area contributed by atoms with E-state index in [1.807, 2.05) is 72.8 Å². The van der Waals surface area contributed by atoms with Gasteiger partial charge in [-0.1, -0.05) is 97.1 Å². The predicted octanol–water partition coefficient (Wildman–Crippen LogP) is 7.42. The van der Waals surface area contributed by atoms with E-state index in [1.165, 1.54) is 14.2 Å². The van der Waals surface area contributed by atoms with Gasteiger partial charge in [0.2, 0.25) is 12.8 Å². The maximum Gasteiger partial charge on any atom is 0.235 e. The number of benzene rings is 8. The predicted molar refractivity (Wildman–Crippen MR) is 358 cm³/mol. The molecule has 2 unspecified atom stereocenters. The highest BCUT2D eigenvalue weighted by molar-refractivity contribution is 5.61. The Labute approximate surface area is 545 Å². The molecule has 0 spiro atoms. The molecule has 94 heavy (non-hydrogen) atoms. The van der Waals surface area contributed by atoms with Crippen LogP contribution < -0.4 is 80.4 Å². The zero-order valence-electron chi connectivity index (χ0n) is 52.2. The molecule has 26 heteroatoms. The number of methoxy groups -OCH3 is 2. The van der Waals surface area contributed by atoms with E-state index < -0.39 is 23.7 Å². The molecule has 8 rings (SSSR count). The highest BCUT2D eigenvalue weighted by Gasteiger charge is 2.38. The van der Waals surface area contributed by atoms with Gasteiger partial charge >= 0.3 is 0 Å². The molecular formula is C68H84N8O18. The molecule has 0 aliphatic carbocycles. The summed E-state index contributed by atoms with van der Waals surface area (Å²) in [6.45, 7) is -1.57. The van der Waals surface area contributed by atoms with Crippen LogP contribution in [0.2, 0.25) is 0 Å². The third kappa shape index (κ3) is 22.2. The van der Waals surface area contributed by atoms with Crippen LogP contribution in [0.4, 0.5) is 45.5 Å². The summed E-state index contributed by atoms with van der Waals surface area (Å²) in [5, 5.41) is 100. The van der Waals surface area contributed by atoms with Crippen LogP contribution in [0.1, 0.15) is 0 Å². The number of hydrogen-bond donors (Lipinski definition) is 16. The van der Waals surface area contributed by atoms with Crippen LogP contribution in [0.3, 0.4) is 0 Å². The van der Waals surface area contributed by atoms with Gasteiger partial charge < -0.3 is 131 Å². The van der Waals surface area contributed by atoms with Gasteiger partial charge in [0, 0.05) is 14.2 Å². The molecule has 0 fully saturated rings. The smallest absolute Gasteiger partial charge is 0.235 e. The SMILES string of the molecule is COC(O)Nc1ccccc1OCC(COc1ccccc1NCO)(COc1ccccc1NCO)COc1ccccc1NCO.COC(O)Nc1ccccc1OCC(COc1ccccc1NCO)(COc1ccccc1NCO)COc1ccccc1NCO. The van der Waals surface area contributed by atoms with E-state index >= 15 is 0 Å². The molecule has 0 aromatic heterocycles. The van der Waals surface area contributed by atoms with Gasteiger partial charge in [0.25, 0.3) is 0 Å². The second-order valence-electron chi connectivity index (χ2n) is 20.8. The maximum absolute atomic E-state index is 10.1. The quantitative estimate of drug-likeness (QED) is 0.0165. The average molecular weight is 1300 g/mol. The lowest BCUT2D eigenvalue weighted by atomic mass is 9.91. The lowest BCUT2D eigenvalue weighted by Crippen LogP contribution is -2.45. The van der Waals surface area contributed by atoms with Crippen molar-refractivity contribution in [2.24, 2.45) is 10.8 Å².